The van der Waals surface area contributed by atoms with E-state index in [1.165, 1.54) is 7.05 Å². The van der Waals surface area contributed by atoms with E-state index in [0.29, 0.717) is 11.1 Å². The fraction of sp³-hybridized carbons (Fsp3) is 0.0588. The summed E-state index contributed by atoms with van der Waals surface area (Å²) in [5.41, 5.74) is 2.51. The summed E-state index contributed by atoms with van der Waals surface area (Å²) in [6.45, 7) is 0. The number of hydrogen-bond acceptors (Lipinski definition) is 2. The average molecular weight is 261 g/mol. The SMILES string of the molecule is CN1C(=O)c2ccc(C#Cc3ccccc3)cc2C1=O. The molecule has 3 heteroatoms. The van der Waals surface area contributed by atoms with Crippen molar-refractivity contribution in [3.05, 3.63) is 70.8 Å². The maximum absolute atomic E-state index is 11.9. The van der Waals surface area contributed by atoms with Crippen molar-refractivity contribution in [1.82, 2.24) is 4.90 Å². The molecule has 0 atom stereocenters. The molecule has 1 aliphatic heterocycles. The quantitative estimate of drug-likeness (QED) is 0.539. The van der Waals surface area contributed by atoms with Gasteiger partial charge in [-0.2, -0.15) is 0 Å². The summed E-state index contributed by atoms with van der Waals surface area (Å²) in [7, 11) is 1.49. The molecule has 0 N–H and O–H groups in total. The molecule has 1 heterocycles. The van der Waals surface area contributed by atoms with Crippen LogP contribution in [0.25, 0.3) is 0 Å². The van der Waals surface area contributed by atoms with Crippen LogP contribution in [-0.4, -0.2) is 23.8 Å². The van der Waals surface area contributed by atoms with Crippen LogP contribution in [0.2, 0.25) is 0 Å². The monoisotopic (exact) mass is 261 g/mol. The third-order valence-electron chi connectivity index (χ3n) is 3.21. The molecule has 96 valence electrons. The summed E-state index contributed by atoms with van der Waals surface area (Å²) >= 11 is 0. The van der Waals surface area contributed by atoms with E-state index in [-0.39, 0.29) is 11.8 Å². The first kappa shape index (κ1) is 12.2. The highest BCUT2D eigenvalue weighted by atomic mass is 16.2. The van der Waals surface area contributed by atoms with Crippen molar-refractivity contribution in [2.24, 2.45) is 0 Å². The van der Waals surface area contributed by atoms with Gasteiger partial charge in [-0.05, 0) is 30.3 Å². The molecule has 0 fully saturated rings. The molecule has 2 amide bonds. The van der Waals surface area contributed by atoms with Crippen LogP contribution in [-0.2, 0) is 0 Å². The van der Waals surface area contributed by atoms with Crippen molar-refractivity contribution in [2.75, 3.05) is 7.05 Å². The fourth-order valence-corrected chi connectivity index (χ4v) is 2.10. The van der Waals surface area contributed by atoms with E-state index in [9.17, 15) is 9.59 Å². The van der Waals surface area contributed by atoms with E-state index in [2.05, 4.69) is 11.8 Å². The molecule has 0 bridgehead atoms. The highest BCUT2D eigenvalue weighted by Crippen LogP contribution is 2.22. The molecule has 20 heavy (non-hydrogen) atoms. The number of nitrogens with zero attached hydrogens (tertiary/aromatic N) is 1. The van der Waals surface area contributed by atoms with Gasteiger partial charge in [0.15, 0.2) is 0 Å². The van der Waals surface area contributed by atoms with E-state index in [1.807, 2.05) is 30.3 Å². The second-order valence-electron chi connectivity index (χ2n) is 4.55. The molecule has 3 nitrogen and oxygen atoms in total. The molecule has 2 aromatic rings. The van der Waals surface area contributed by atoms with E-state index in [1.54, 1.807) is 18.2 Å². The van der Waals surface area contributed by atoms with Gasteiger partial charge in [0.05, 0.1) is 11.1 Å². The minimum atomic E-state index is -0.270. The number of benzene rings is 2. The minimum absolute atomic E-state index is 0.257. The summed E-state index contributed by atoms with van der Waals surface area (Å²) in [5.74, 6) is 5.51. The van der Waals surface area contributed by atoms with Gasteiger partial charge >= 0.3 is 0 Å². The zero-order valence-electron chi connectivity index (χ0n) is 10.9. The van der Waals surface area contributed by atoms with Gasteiger partial charge in [-0.3, -0.25) is 14.5 Å². The van der Waals surface area contributed by atoms with E-state index in [4.69, 9.17) is 0 Å². The predicted molar refractivity (Wildman–Crippen MR) is 75.3 cm³/mol. The largest absolute Gasteiger partial charge is 0.277 e. The lowest BCUT2D eigenvalue weighted by Gasteiger charge is -2.02. The van der Waals surface area contributed by atoms with Crippen molar-refractivity contribution in [2.45, 2.75) is 0 Å². The highest BCUT2D eigenvalue weighted by Gasteiger charge is 2.32. The Hall–Kier alpha value is -2.86. The number of fused-ring (bicyclic) bond motifs is 1. The van der Waals surface area contributed by atoms with Gasteiger partial charge in [-0.1, -0.05) is 30.0 Å². The number of hydrogen-bond donors (Lipinski definition) is 0. The molecule has 3 rings (SSSR count). The molecule has 0 spiro atoms. The number of carbonyl (C=O) groups is 2. The molecule has 0 saturated heterocycles. The van der Waals surface area contributed by atoms with Crippen LogP contribution in [0, 0.1) is 11.8 Å². The van der Waals surface area contributed by atoms with Crippen molar-refractivity contribution >= 4 is 11.8 Å². The predicted octanol–water partition coefficient (Wildman–Crippen LogP) is 2.31. The van der Waals surface area contributed by atoms with Gasteiger partial charge in [0.25, 0.3) is 11.8 Å². The van der Waals surface area contributed by atoms with Crippen molar-refractivity contribution in [3.63, 3.8) is 0 Å². The van der Waals surface area contributed by atoms with Gasteiger partial charge in [0.2, 0.25) is 0 Å². The molecule has 0 saturated carbocycles. The third kappa shape index (κ3) is 1.98. The molecule has 0 aliphatic carbocycles. The Morgan fingerprint density at radius 2 is 1.45 bits per heavy atom. The fourth-order valence-electron chi connectivity index (χ4n) is 2.10. The first-order chi connectivity index (χ1) is 9.66. The van der Waals surface area contributed by atoms with E-state index < -0.39 is 0 Å². The van der Waals surface area contributed by atoms with Gasteiger partial charge in [-0.15, -0.1) is 0 Å². The standard InChI is InChI=1S/C17H11NO2/c1-18-16(19)14-10-9-13(11-15(14)17(18)20)8-7-12-5-3-2-4-6-12/h2-6,9-11H,1H3. The van der Waals surface area contributed by atoms with Crippen LogP contribution in [0.15, 0.2) is 48.5 Å². The molecule has 1 aliphatic rings. The first-order valence-electron chi connectivity index (χ1n) is 6.20. The van der Waals surface area contributed by atoms with Gasteiger partial charge in [0, 0.05) is 18.2 Å². The molecular formula is C17H11NO2. The normalized spacial score (nSPS) is 12.9. The second-order valence-corrected chi connectivity index (χ2v) is 4.55. The molecule has 0 aromatic heterocycles. The summed E-state index contributed by atoms with van der Waals surface area (Å²) in [5, 5.41) is 0. The zero-order chi connectivity index (χ0) is 14.1. The summed E-state index contributed by atoms with van der Waals surface area (Å²) in [4.78, 5) is 24.8. The average Bonchev–Trinajstić information content (AvgIpc) is 2.71. The molecule has 2 aromatic carbocycles. The van der Waals surface area contributed by atoms with Crippen LogP contribution < -0.4 is 0 Å². The summed E-state index contributed by atoms with van der Waals surface area (Å²) in [6, 6.07) is 14.7. The summed E-state index contributed by atoms with van der Waals surface area (Å²) < 4.78 is 0. The lowest BCUT2D eigenvalue weighted by molar-refractivity contribution is 0.0693. The van der Waals surface area contributed by atoms with Crippen LogP contribution in [0.4, 0.5) is 0 Å². The van der Waals surface area contributed by atoms with Crippen LogP contribution in [0.5, 0.6) is 0 Å². The first-order valence-corrected chi connectivity index (χ1v) is 6.20. The Labute approximate surface area is 116 Å². The van der Waals surface area contributed by atoms with Gasteiger partial charge in [0.1, 0.15) is 0 Å². The third-order valence-corrected chi connectivity index (χ3v) is 3.21. The maximum atomic E-state index is 11.9. The van der Waals surface area contributed by atoms with Crippen LogP contribution in [0.3, 0.4) is 0 Å². The number of imide groups is 1. The Bertz CT molecular complexity index is 767. The molecule has 0 radical (unpaired) electrons. The molecular weight excluding hydrogens is 250 g/mol. The Balaban J connectivity index is 1.98. The van der Waals surface area contributed by atoms with E-state index in [0.717, 1.165) is 16.0 Å². The lowest BCUT2D eigenvalue weighted by atomic mass is 10.1. The van der Waals surface area contributed by atoms with Gasteiger partial charge in [-0.25, -0.2) is 0 Å². The van der Waals surface area contributed by atoms with Crippen molar-refractivity contribution in [3.8, 4) is 11.8 Å². The maximum Gasteiger partial charge on any atom is 0.261 e. The van der Waals surface area contributed by atoms with Crippen LogP contribution >= 0.6 is 0 Å². The molecule has 0 unspecified atom stereocenters. The topological polar surface area (TPSA) is 37.4 Å². The number of carbonyl (C=O) groups excluding carboxylic acids is 2. The summed E-state index contributed by atoms with van der Waals surface area (Å²) in [6.07, 6.45) is 0. The number of rotatable bonds is 0. The Morgan fingerprint density at radius 1 is 0.800 bits per heavy atom. The minimum Gasteiger partial charge on any atom is -0.277 e. The highest BCUT2D eigenvalue weighted by molar-refractivity contribution is 6.21. The van der Waals surface area contributed by atoms with Crippen molar-refractivity contribution < 1.29 is 9.59 Å². The Morgan fingerprint density at radius 3 is 2.20 bits per heavy atom. The zero-order valence-corrected chi connectivity index (χ0v) is 10.9. The van der Waals surface area contributed by atoms with Crippen LogP contribution in [0.1, 0.15) is 31.8 Å². The Kier molecular flexibility index (Phi) is 2.85. The van der Waals surface area contributed by atoms with E-state index >= 15 is 0 Å². The van der Waals surface area contributed by atoms with Gasteiger partial charge < -0.3 is 0 Å². The van der Waals surface area contributed by atoms with Crippen molar-refractivity contribution in [1.29, 1.82) is 0 Å². The smallest absolute Gasteiger partial charge is 0.261 e. The lowest BCUT2D eigenvalue weighted by Crippen LogP contribution is -2.24. The number of amides is 2. The second kappa shape index (κ2) is 4.67.